The molecule has 0 aromatic carbocycles. The van der Waals surface area contributed by atoms with Crippen LogP contribution in [-0.2, 0) is 0 Å². The molecule has 0 spiro atoms. The zero-order valence-corrected chi connectivity index (χ0v) is 16.6. The van der Waals surface area contributed by atoms with Crippen LogP contribution in [0.1, 0.15) is 87.5 Å². The fraction of sp³-hybridized carbons (Fsp3) is 0.909. The van der Waals surface area contributed by atoms with Crippen molar-refractivity contribution < 1.29 is 0 Å². The van der Waals surface area contributed by atoms with Gasteiger partial charge in [0.05, 0.1) is 0 Å². The molecule has 0 bridgehead atoms. The first-order valence-electron chi connectivity index (χ1n) is 9.71. The highest BCUT2D eigenvalue weighted by Crippen LogP contribution is 2.70. The maximum atomic E-state index is 4.53. The molecule has 2 aliphatic rings. The zero-order valence-electron chi connectivity index (χ0n) is 16.6. The lowest BCUT2D eigenvalue weighted by Crippen LogP contribution is -2.18. The maximum absolute atomic E-state index is 4.53. The molecular weight excluding hydrogens is 264 g/mol. The molecule has 2 aliphatic carbocycles. The monoisotopic (exact) mass is 304 g/mol. The van der Waals surface area contributed by atoms with E-state index in [9.17, 15) is 0 Å². The predicted octanol–water partition coefficient (Wildman–Crippen LogP) is 7.10. The Hall–Kier alpha value is -0.260. The fourth-order valence-electron chi connectivity index (χ4n) is 5.14. The van der Waals surface area contributed by atoms with Crippen LogP contribution in [0.5, 0.6) is 0 Å². The van der Waals surface area contributed by atoms with E-state index >= 15 is 0 Å². The summed E-state index contributed by atoms with van der Waals surface area (Å²) in [5.74, 6) is 3.33. The smallest absolute Gasteiger partial charge is 0.00569 e. The number of allylic oxidation sites excluding steroid dienone is 1. The number of hydrogen-bond donors (Lipinski definition) is 0. The average Bonchev–Trinajstić information content (AvgIpc) is 3.30. The van der Waals surface area contributed by atoms with E-state index in [1.165, 1.54) is 37.7 Å². The third kappa shape index (κ3) is 2.80. The summed E-state index contributed by atoms with van der Waals surface area (Å²) in [5, 5.41) is 0. The van der Waals surface area contributed by atoms with Crippen LogP contribution in [0.25, 0.3) is 0 Å². The number of hydrogen-bond acceptors (Lipinski definition) is 0. The van der Waals surface area contributed by atoms with E-state index in [2.05, 4.69) is 62.0 Å². The normalized spacial score (nSPS) is 43.0. The molecule has 0 aromatic heterocycles. The highest BCUT2D eigenvalue weighted by Gasteiger charge is 2.61. The minimum absolute atomic E-state index is 0.416. The lowest BCUT2D eigenvalue weighted by molar-refractivity contribution is 0.246. The Labute approximate surface area is 140 Å². The summed E-state index contributed by atoms with van der Waals surface area (Å²) in [6.45, 7) is 24.0. The second-order valence-corrected chi connectivity index (χ2v) is 9.87. The van der Waals surface area contributed by atoms with Crippen molar-refractivity contribution in [3.63, 3.8) is 0 Å². The molecule has 0 aliphatic heterocycles. The van der Waals surface area contributed by atoms with Crippen LogP contribution < -0.4 is 0 Å². The second kappa shape index (κ2) is 5.67. The van der Waals surface area contributed by atoms with Crippen molar-refractivity contribution >= 4 is 0 Å². The molecule has 0 nitrogen and oxygen atoms in total. The van der Waals surface area contributed by atoms with Crippen molar-refractivity contribution in [1.29, 1.82) is 0 Å². The molecule has 128 valence electrons. The summed E-state index contributed by atoms with van der Waals surface area (Å²) >= 11 is 0. The summed E-state index contributed by atoms with van der Waals surface area (Å²) < 4.78 is 0. The third-order valence-corrected chi connectivity index (χ3v) is 8.48. The minimum Gasteiger partial charge on any atom is -0.0990 e. The van der Waals surface area contributed by atoms with Gasteiger partial charge in [-0.25, -0.2) is 0 Å². The zero-order chi connectivity index (χ0) is 16.9. The molecule has 0 saturated heterocycles. The fourth-order valence-corrected chi connectivity index (χ4v) is 5.14. The van der Waals surface area contributed by atoms with Crippen LogP contribution in [0.15, 0.2) is 12.2 Å². The lowest BCUT2D eigenvalue weighted by Gasteiger charge is -2.27. The molecule has 2 saturated carbocycles. The van der Waals surface area contributed by atoms with Crippen molar-refractivity contribution in [1.82, 2.24) is 0 Å². The molecule has 0 amide bonds. The Kier molecular flexibility index (Phi) is 4.66. The Bertz CT molecular complexity index is 433. The van der Waals surface area contributed by atoms with Gasteiger partial charge in [0, 0.05) is 0 Å². The molecule has 0 N–H and O–H groups in total. The van der Waals surface area contributed by atoms with Crippen LogP contribution in [0.2, 0.25) is 0 Å². The summed E-state index contributed by atoms with van der Waals surface area (Å²) in [6, 6.07) is 0. The summed E-state index contributed by atoms with van der Waals surface area (Å²) in [7, 11) is 0. The molecule has 6 atom stereocenters. The molecule has 0 radical (unpaired) electrons. The third-order valence-electron chi connectivity index (χ3n) is 8.48. The van der Waals surface area contributed by atoms with E-state index < -0.39 is 0 Å². The Balaban J connectivity index is 1.83. The highest BCUT2D eigenvalue weighted by atomic mass is 14.7. The van der Waals surface area contributed by atoms with Gasteiger partial charge in [0.25, 0.3) is 0 Å². The van der Waals surface area contributed by atoms with Gasteiger partial charge in [0.15, 0.2) is 0 Å². The van der Waals surface area contributed by atoms with Gasteiger partial charge in [-0.2, -0.15) is 0 Å². The standard InChI is InChI=1S/C22H40/c1-10-20(7)14-22(20,9)18(6)16(4)11-12-19-13-21(19,8)17(5)15(2)3/h15-17,19H,6,10-14H2,1-5,7-9H3. The van der Waals surface area contributed by atoms with Crippen molar-refractivity contribution in [2.75, 3.05) is 0 Å². The second-order valence-electron chi connectivity index (χ2n) is 9.87. The van der Waals surface area contributed by atoms with Crippen LogP contribution in [0, 0.1) is 39.9 Å². The molecule has 6 unspecified atom stereocenters. The van der Waals surface area contributed by atoms with Gasteiger partial charge in [-0.05, 0) is 72.0 Å². The summed E-state index contributed by atoms with van der Waals surface area (Å²) in [6.07, 6.45) is 6.86. The molecule has 0 heteroatoms. The van der Waals surface area contributed by atoms with E-state index in [0.29, 0.717) is 22.2 Å². The molecule has 2 fully saturated rings. The predicted molar refractivity (Wildman–Crippen MR) is 98.9 cm³/mol. The van der Waals surface area contributed by atoms with Crippen LogP contribution in [0.3, 0.4) is 0 Å². The van der Waals surface area contributed by atoms with Crippen LogP contribution in [0.4, 0.5) is 0 Å². The lowest BCUT2D eigenvalue weighted by atomic mass is 9.78. The first kappa shape index (κ1) is 18.1. The Morgan fingerprint density at radius 2 is 1.73 bits per heavy atom. The van der Waals surface area contributed by atoms with Crippen LogP contribution in [-0.4, -0.2) is 0 Å². The van der Waals surface area contributed by atoms with E-state index in [4.69, 9.17) is 0 Å². The molecule has 22 heavy (non-hydrogen) atoms. The highest BCUT2D eigenvalue weighted by molar-refractivity contribution is 5.28. The van der Waals surface area contributed by atoms with Gasteiger partial charge >= 0.3 is 0 Å². The van der Waals surface area contributed by atoms with E-state index in [0.717, 1.165) is 17.8 Å². The van der Waals surface area contributed by atoms with Gasteiger partial charge in [-0.1, -0.05) is 67.5 Å². The molecular formula is C22H40. The number of rotatable bonds is 8. The summed E-state index contributed by atoms with van der Waals surface area (Å²) in [4.78, 5) is 0. The first-order valence-corrected chi connectivity index (χ1v) is 9.71. The topological polar surface area (TPSA) is 0 Å². The van der Waals surface area contributed by atoms with E-state index in [1.54, 1.807) is 0 Å². The first-order chi connectivity index (χ1) is 10.0. The SMILES string of the molecule is C=C(C(C)CCC1CC1(C)C(C)C(C)C)C1(C)CC1(C)CC. The Morgan fingerprint density at radius 3 is 2.18 bits per heavy atom. The summed E-state index contributed by atoms with van der Waals surface area (Å²) in [5.41, 5.74) is 3.10. The van der Waals surface area contributed by atoms with Crippen molar-refractivity contribution in [3.8, 4) is 0 Å². The van der Waals surface area contributed by atoms with Crippen molar-refractivity contribution in [3.05, 3.63) is 12.2 Å². The molecule has 0 heterocycles. The van der Waals surface area contributed by atoms with Gasteiger partial charge < -0.3 is 0 Å². The van der Waals surface area contributed by atoms with Crippen molar-refractivity contribution in [2.24, 2.45) is 39.9 Å². The Morgan fingerprint density at radius 1 is 1.14 bits per heavy atom. The van der Waals surface area contributed by atoms with Crippen LogP contribution >= 0.6 is 0 Å². The van der Waals surface area contributed by atoms with Gasteiger partial charge in [0.1, 0.15) is 0 Å². The largest absolute Gasteiger partial charge is 0.0990 e. The minimum atomic E-state index is 0.416. The van der Waals surface area contributed by atoms with Crippen molar-refractivity contribution in [2.45, 2.75) is 87.5 Å². The van der Waals surface area contributed by atoms with E-state index in [-0.39, 0.29) is 0 Å². The van der Waals surface area contributed by atoms with Gasteiger partial charge in [-0.15, -0.1) is 0 Å². The average molecular weight is 305 g/mol. The maximum Gasteiger partial charge on any atom is -0.00569 e. The van der Waals surface area contributed by atoms with Gasteiger partial charge in [0.2, 0.25) is 0 Å². The molecule has 0 aromatic rings. The van der Waals surface area contributed by atoms with E-state index in [1.807, 2.05) is 0 Å². The van der Waals surface area contributed by atoms with Gasteiger partial charge in [-0.3, -0.25) is 0 Å². The molecule has 2 rings (SSSR count). The quantitative estimate of drug-likeness (QED) is 0.419.